The molecule has 0 spiro atoms. The summed E-state index contributed by atoms with van der Waals surface area (Å²) >= 11 is 0. The number of pyridine rings is 1. The number of aryl methyl sites for hydroxylation is 1. The SMILES string of the molecule is Cc1ccc(N=C(CC(=N)C(C)(C)C)NC(=O)Nc2ccc(OCc3ccnc(Nc4cnc(C(=O)NCCN5CCC(O)CC5)cn4)c3)c3ccccc23)cc1. The lowest BCUT2D eigenvalue weighted by Crippen LogP contribution is -2.40. The Labute approximate surface area is 332 Å². The van der Waals surface area contributed by atoms with E-state index in [0.717, 1.165) is 47.8 Å². The summed E-state index contributed by atoms with van der Waals surface area (Å²) in [5.41, 5.74) is 3.52. The standard InChI is InChI=1S/C43H50N10O4/c1-28-9-11-30(12-10-28)49-39(24-37(44)43(2,3)4)52-42(56)50-34-13-14-36(33-8-6-5-7-32(33)34)57-27-29-15-18-45-38(23-29)51-40-26-47-35(25-48-40)41(55)46-19-22-53-20-16-31(54)17-21-53/h5-15,18,23,25-26,31,44,54H,16-17,19-22,24,27H2,1-4H3,(H,46,55)(H,45,48,51)(H2,49,50,52,56). The third-order valence-corrected chi connectivity index (χ3v) is 9.57. The van der Waals surface area contributed by atoms with Crippen LogP contribution in [0.2, 0.25) is 0 Å². The fraction of sp³-hybridized carbons (Fsp3) is 0.326. The molecule has 0 radical (unpaired) electrons. The van der Waals surface area contributed by atoms with E-state index in [4.69, 9.17) is 10.1 Å². The number of aromatic nitrogens is 3. The third kappa shape index (κ3) is 11.6. The topological polar surface area (TPSA) is 190 Å². The summed E-state index contributed by atoms with van der Waals surface area (Å²) in [6.45, 7) is 11.0. The van der Waals surface area contributed by atoms with E-state index in [1.165, 1.54) is 12.4 Å². The number of aliphatic hydroxyl groups is 1. The Morgan fingerprint density at radius 2 is 1.70 bits per heavy atom. The molecule has 1 saturated heterocycles. The molecule has 0 aliphatic carbocycles. The lowest BCUT2D eigenvalue weighted by atomic mass is 9.88. The molecule has 3 amide bonds. The van der Waals surface area contributed by atoms with Crippen molar-refractivity contribution in [1.82, 2.24) is 30.5 Å². The van der Waals surface area contributed by atoms with Crippen LogP contribution in [0.5, 0.6) is 5.75 Å². The normalized spacial score (nSPS) is 13.9. The maximum Gasteiger partial charge on any atom is 0.324 e. The Kier molecular flexibility index (Phi) is 13.2. The molecule has 3 heterocycles. The molecule has 296 valence electrons. The van der Waals surface area contributed by atoms with Crippen LogP contribution in [0, 0.1) is 17.7 Å². The Bertz CT molecular complexity index is 2210. The zero-order valence-electron chi connectivity index (χ0n) is 32.8. The fourth-order valence-electron chi connectivity index (χ4n) is 6.11. The van der Waals surface area contributed by atoms with E-state index in [9.17, 15) is 14.7 Å². The summed E-state index contributed by atoms with van der Waals surface area (Å²) in [5.74, 6) is 1.68. The maximum absolute atomic E-state index is 13.4. The van der Waals surface area contributed by atoms with Gasteiger partial charge >= 0.3 is 6.03 Å². The molecule has 0 atom stereocenters. The first-order chi connectivity index (χ1) is 27.4. The van der Waals surface area contributed by atoms with Crippen molar-refractivity contribution >= 4 is 57.3 Å². The van der Waals surface area contributed by atoms with Crippen molar-refractivity contribution in [2.24, 2.45) is 10.4 Å². The molecule has 6 rings (SSSR count). The third-order valence-electron chi connectivity index (χ3n) is 9.57. The fourth-order valence-corrected chi connectivity index (χ4v) is 6.11. The van der Waals surface area contributed by atoms with E-state index in [1.807, 2.05) is 94.4 Å². The van der Waals surface area contributed by atoms with Crippen molar-refractivity contribution < 1.29 is 19.4 Å². The summed E-state index contributed by atoms with van der Waals surface area (Å²) in [4.78, 5) is 45.9. The highest BCUT2D eigenvalue weighted by atomic mass is 16.5. The molecule has 57 heavy (non-hydrogen) atoms. The van der Waals surface area contributed by atoms with Gasteiger partial charge in [-0.1, -0.05) is 62.7 Å². The number of anilines is 3. The molecule has 6 N–H and O–H groups in total. The van der Waals surface area contributed by atoms with Gasteiger partial charge in [0, 0.05) is 55.3 Å². The molecular formula is C43H50N10O4. The van der Waals surface area contributed by atoms with Crippen molar-refractivity contribution in [3.8, 4) is 5.75 Å². The van der Waals surface area contributed by atoms with Crippen molar-refractivity contribution in [2.45, 2.75) is 59.7 Å². The average molecular weight is 771 g/mol. The minimum absolute atomic E-state index is 0.191. The Hall–Kier alpha value is -6.25. The molecular weight excluding hydrogens is 721 g/mol. The first-order valence-electron chi connectivity index (χ1n) is 19.1. The van der Waals surface area contributed by atoms with Gasteiger partial charge in [0.1, 0.15) is 35.5 Å². The van der Waals surface area contributed by atoms with E-state index >= 15 is 0 Å². The number of hydrogen-bond acceptors (Lipinski definition) is 11. The minimum atomic E-state index is -0.466. The first kappa shape index (κ1) is 40.4. The number of fused-ring (bicyclic) bond motifs is 1. The number of nitrogens with one attached hydrogen (secondary N) is 5. The molecule has 1 aliphatic heterocycles. The number of urea groups is 1. The van der Waals surface area contributed by atoms with Crippen LogP contribution in [0.1, 0.15) is 61.6 Å². The van der Waals surface area contributed by atoms with Crippen molar-refractivity contribution in [1.29, 1.82) is 5.41 Å². The van der Waals surface area contributed by atoms with Crippen LogP contribution in [0.4, 0.5) is 27.8 Å². The number of amides is 3. The number of ether oxygens (including phenoxy) is 1. The smallest absolute Gasteiger partial charge is 0.324 e. The zero-order chi connectivity index (χ0) is 40.4. The first-order valence-corrected chi connectivity index (χ1v) is 19.1. The van der Waals surface area contributed by atoms with Gasteiger partial charge in [-0.3, -0.25) is 10.1 Å². The minimum Gasteiger partial charge on any atom is -0.488 e. The molecule has 5 aromatic rings. The second-order valence-electron chi connectivity index (χ2n) is 15.1. The summed E-state index contributed by atoms with van der Waals surface area (Å²) < 4.78 is 6.29. The molecule has 3 aromatic carbocycles. The monoisotopic (exact) mass is 770 g/mol. The molecule has 0 saturated carbocycles. The van der Waals surface area contributed by atoms with Crippen LogP contribution in [-0.4, -0.2) is 80.7 Å². The predicted molar refractivity (Wildman–Crippen MR) is 224 cm³/mol. The molecule has 2 aromatic heterocycles. The Morgan fingerprint density at radius 3 is 2.42 bits per heavy atom. The largest absolute Gasteiger partial charge is 0.488 e. The molecule has 0 bridgehead atoms. The second kappa shape index (κ2) is 18.6. The molecule has 14 heteroatoms. The van der Waals surface area contributed by atoms with Crippen LogP contribution >= 0.6 is 0 Å². The van der Waals surface area contributed by atoms with Crippen LogP contribution in [-0.2, 0) is 6.61 Å². The number of likely N-dealkylation sites (tertiary alicyclic amines) is 1. The van der Waals surface area contributed by atoms with Gasteiger partial charge in [0.05, 0.1) is 29.9 Å². The number of piperidine rings is 1. The number of aliphatic imine (C=N–C) groups is 1. The van der Waals surface area contributed by atoms with E-state index in [2.05, 4.69) is 46.1 Å². The summed E-state index contributed by atoms with van der Waals surface area (Å²) in [5, 5.41) is 31.8. The van der Waals surface area contributed by atoms with Gasteiger partial charge in [0.15, 0.2) is 0 Å². The van der Waals surface area contributed by atoms with Crippen molar-refractivity contribution in [3.63, 3.8) is 0 Å². The average Bonchev–Trinajstić information content (AvgIpc) is 3.19. The Balaban J connectivity index is 1.06. The number of amidine groups is 1. The zero-order valence-corrected chi connectivity index (χ0v) is 32.8. The number of benzene rings is 3. The van der Waals surface area contributed by atoms with Gasteiger partial charge in [0.2, 0.25) is 0 Å². The van der Waals surface area contributed by atoms with Crippen molar-refractivity contribution in [3.05, 3.63) is 108 Å². The van der Waals surface area contributed by atoms with Gasteiger partial charge in [-0.05, 0) is 67.1 Å². The number of carbonyl (C=O) groups is 2. The summed E-state index contributed by atoms with van der Waals surface area (Å²) in [7, 11) is 0. The van der Waals surface area contributed by atoms with Gasteiger partial charge in [-0.25, -0.2) is 24.7 Å². The molecule has 14 nitrogen and oxygen atoms in total. The van der Waals surface area contributed by atoms with E-state index < -0.39 is 6.03 Å². The highest BCUT2D eigenvalue weighted by Gasteiger charge is 2.21. The van der Waals surface area contributed by atoms with Crippen LogP contribution in [0.15, 0.2) is 96.4 Å². The highest BCUT2D eigenvalue weighted by Crippen LogP contribution is 2.32. The Morgan fingerprint density at radius 1 is 0.947 bits per heavy atom. The lowest BCUT2D eigenvalue weighted by Gasteiger charge is -2.29. The summed E-state index contributed by atoms with van der Waals surface area (Å²) in [6.07, 6.45) is 6.06. The molecule has 1 aliphatic rings. The van der Waals surface area contributed by atoms with E-state index in [-0.39, 0.29) is 36.1 Å². The van der Waals surface area contributed by atoms with Gasteiger partial charge in [-0.2, -0.15) is 0 Å². The number of hydrogen-bond donors (Lipinski definition) is 6. The maximum atomic E-state index is 13.4. The number of rotatable bonds is 13. The molecule has 1 fully saturated rings. The van der Waals surface area contributed by atoms with Gasteiger partial charge in [-0.15, -0.1) is 0 Å². The predicted octanol–water partition coefficient (Wildman–Crippen LogP) is 7.15. The lowest BCUT2D eigenvalue weighted by molar-refractivity contribution is 0.0803. The van der Waals surface area contributed by atoms with Crippen LogP contribution in [0.3, 0.4) is 0 Å². The van der Waals surface area contributed by atoms with E-state index in [0.29, 0.717) is 53.4 Å². The van der Waals surface area contributed by atoms with Gasteiger partial charge < -0.3 is 36.1 Å². The summed E-state index contributed by atoms with van der Waals surface area (Å²) in [6, 6.07) is 22.2. The molecule has 0 unspecified atom stereocenters. The second-order valence-corrected chi connectivity index (χ2v) is 15.1. The van der Waals surface area contributed by atoms with Gasteiger partial charge in [0.25, 0.3) is 5.91 Å². The van der Waals surface area contributed by atoms with Crippen LogP contribution < -0.4 is 26.0 Å². The number of carbonyl (C=O) groups excluding carboxylic acids is 2. The van der Waals surface area contributed by atoms with Crippen molar-refractivity contribution in [2.75, 3.05) is 36.8 Å². The number of aliphatic hydroxyl groups excluding tert-OH is 1. The van der Waals surface area contributed by atoms with E-state index in [1.54, 1.807) is 12.3 Å². The number of nitrogens with zero attached hydrogens (tertiary/aromatic N) is 5. The van der Waals surface area contributed by atoms with Crippen LogP contribution in [0.25, 0.3) is 10.8 Å². The quantitative estimate of drug-likeness (QED) is 0.0534. The highest BCUT2D eigenvalue weighted by molar-refractivity contribution is 6.13.